The highest BCUT2D eigenvalue weighted by molar-refractivity contribution is 5.94. The van der Waals surface area contributed by atoms with Crippen molar-refractivity contribution >= 4 is 17.7 Å². The summed E-state index contributed by atoms with van der Waals surface area (Å²) in [7, 11) is 0. The van der Waals surface area contributed by atoms with E-state index >= 15 is 0 Å². The number of amides is 1. The molecule has 0 aliphatic carbocycles. The largest absolute Gasteiger partial charge is 0.494 e. The van der Waals surface area contributed by atoms with Gasteiger partial charge in [-0.05, 0) is 50.6 Å². The molecule has 26 heavy (non-hydrogen) atoms. The van der Waals surface area contributed by atoms with Gasteiger partial charge in [-0.2, -0.15) is 0 Å². The summed E-state index contributed by atoms with van der Waals surface area (Å²) in [5.74, 6) is 0.114. The van der Waals surface area contributed by atoms with Gasteiger partial charge in [0.2, 0.25) is 5.91 Å². The Morgan fingerprint density at radius 3 is 2.46 bits per heavy atom. The van der Waals surface area contributed by atoms with E-state index < -0.39 is 5.97 Å². The maximum absolute atomic E-state index is 11.8. The van der Waals surface area contributed by atoms with Gasteiger partial charge < -0.3 is 19.6 Å². The second-order valence-electron chi connectivity index (χ2n) is 5.80. The molecule has 7 heteroatoms. The number of ether oxygens (including phenoxy) is 1. The second-order valence-corrected chi connectivity index (χ2v) is 5.80. The van der Waals surface area contributed by atoms with Crippen LogP contribution in [-0.4, -0.2) is 29.4 Å². The fourth-order valence-corrected chi connectivity index (χ4v) is 2.33. The van der Waals surface area contributed by atoms with Crippen LogP contribution in [0.4, 0.5) is 0 Å². The summed E-state index contributed by atoms with van der Waals surface area (Å²) in [4.78, 5) is 33.9. The SMILES string of the molecule is CC(=O)c1ccc(OCCCC(=O)NCc2cc(C(=O)O)c(C)o2)cc1. The highest BCUT2D eigenvalue weighted by Crippen LogP contribution is 2.15. The molecule has 0 aliphatic heterocycles. The number of hydrogen-bond acceptors (Lipinski definition) is 5. The summed E-state index contributed by atoms with van der Waals surface area (Å²) in [5, 5.41) is 11.6. The average Bonchev–Trinajstić information content (AvgIpc) is 2.98. The average molecular weight is 359 g/mol. The summed E-state index contributed by atoms with van der Waals surface area (Å²) in [5.41, 5.74) is 0.717. The Bertz CT molecular complexity index is 791. The molecule has 1 aromatic heterocycles. The third-order valence-electron chi connectivity index (χ3n) is 3.74. The fraction of sp³-hybridized carbons (Fsp3) is 0.316. The van der Waals surface area contributed by atoms with Crippen LogP contribution >= 0.6 is 0 Å². The molecule has 0 aliphatic rings. The zero-order valence-corrected chi connectivity index (χ0v) is 14.7. The molecule has 7 nitrogen and oxygen atoms in total. The van der Waals surface area contributed by atoms with Gasteiger partial charge in [0.25, 0.3) is 0 Å². The fourth-order valence-electron chi connectivity index (χ4n) is 2.33. The minimum absolute atomic E-state index is 0.00422. The van der Waals surface area contributed by atoms with Crippen molar-refractivity contribution in [3.05, 3.63) is 53.0 Å². The van der Waals surface area contributed by atoms with Crippen molar-refractivity contribution in [2.75, 3.05) is 6.61 Å². The van der Waals surface area contributed by atoms with Crippen LogP contribution in [0.5, 0.6) is 5.75 Å². The molecule has 0 fully saturated rings. The molecule has 138 valence electrons. The summed E-state index contributed by atoms with van der Waals surface area (Å²) >= 11 is 0. The Balaban J connectivity index is 1.68. The Morgan fingerprint density at radius 2 is 1.88 bits per heavy atom. The van der Waals surface area contributed by atoms with Crippen molar-refractivity contribution in [1.29, 1.82) is 0 Å². The summed E-state index contributed by atoms with van der Waals surface area (Å²) in [6.07, 6.45) is 0.800. The first kappa shape index (κ1) is 19.2. The number of carboxylic acids is 1. The predicted molar refractivity (Wildman–Crippen MR) is 93.4 cm³/mol. The third kappa shape index (κ3) is 5.47. The number of furan rings is 1. The first-order valence-corrected chi connectivity index (χ1v) is 8.20. The van der Waals surface area contributed by atoms with Gasteiger partial charge >= 0.3 is 5.97 Å². The van der Waals surface area contributed by atoms with Gasteiger partial charge in [-0.1, -0.05) is 0 Å². The molecule has 2 aromatic rings. The molecule has 0 radical (unpaired) electrons. The lowest BCUT2D eigenvalue weighted by Crippen LogP contribution is -2.22. The number of aromatic carboxylic acids is 1. The Labute approximate surface area is 151 Å². The number of rotatable bonds is 9. The maximum Gasteiger partial charge on any atom is 0.339 e. The van der Waals surface area contributed by atoms with Crippen LogP contribution < -0.4 is 10.1 Å². The lowest BCUT2D eigenvalue weighted by Gasteiger charge is -2.07. The number of carboxylic acid groups (broad SMARTS) is 1. The van der Waals surface area contributed by atoms with E-state index in [-0.39, 0.29) is 30.2 Å². The van der Waals surface area contributed by atoms with E-state index in [1.54, 1.807) is 31.2 Å². The van der Waals surface area contributed by atoms with Crippen molar-refractivity contribution in [1.82, 2.24) is 5.32 Å². The zero-order valence-electron chi connectivity index (χ0n) is 14.7. The Kier molecular flexibility index (Phi) is 6.54. The van der Waals surface area contributed by atoms with Crippen LogP contribution in [0.1, 0.15) is 52.0 Å². The third-order valence-corrected chi connectivity index (χ3v) is 3.74. The topological polar surface area (TPSA) is 106 Å². The van der Waals surface area contributed by atoms with Crippen LogP contribution in [-0.2, 0) is 11.3 Å². The number of ketones is 1. The number of carbonyl (C=O) groups excluding carboxylic acids is 2. The second kappa shape index (κ2) is 8.84. The van der Waals surface area contributed by atoms with E-state index in [4.69, 9.17) is 14.3 Å². The lowest BCUT2D eigenvalue weighted by atomic mass is 10.1. The van der Waals surface area contributed by atoms with Gasteiger partial charge in [0, 0.05) is 12.0 Å². The maximum atomic E-state index is 11.8. The Morgan fingerprint density at radius 1 is 1.19 bits per heavy atom. The normalized spacial score (nSPS) is 10.4. The zero-order chi connectivity index (χ0) is 19.1. The van der Waals surface area contributed by atoms with Gasteiger partial charge in [0.1, 0.15) is 22.8 Å². The molecule has 0 bridgehead atoms. The molecule has 1 heterocycles. The van der Waals surface area contributed by atoms with Gasteiger partial charge in [-0.15, -0.1) is 0 Å². The molecule has 0 saturated carbocycles. The number of benzene rings is 1. The van der Waals surface area contributed by atoms with E-state index in [9.17, 15) is 14.4 Å². The monoisotopic (exact) mass is 359 g/mol. The van der Waals surface area contributed by atoms with Crippen molar-refractivity contribution in [3.63, 3.8) is 0 Å². The summed E-state index contributed by atoms with van der Waals surface area (Å²) < 4.78 is 10.8. The van der Waals surface area contributed by atoms with E-state index in [1.165, 1.54) is 13.0 Å². The van der Waals surface area contributed by atoms with E-state index in [0.717, 1.165) is 0 Å². The molecular formula is C19H21NO6. The van der Waals surface area contributed by atoms with Crippen LogP contribution in [0.2, 0.25) is 0 Å². The number of hydrogen-bond donors (Lipinski definition) is 2. The minimum atomic E-state index is -1.06. The summed E-state index contributed by atoms with van der Waals surface area (Å²) in [6, 6.07) is 8.24. The van der Waals surface area contributed by atoms with Crippen LogP contribution in [0.3, 0.4) is 0 Å². The van der Waals surface area contributed by atoms with Crippen molar-refractivity contribution in [2.24, 2.45) is 0 Å². The van der Waals surface area contributed by atoms with Gasteiger partial charge in [-0.3, -0.25) is 9.59 Å². The summed E-state index contributed by atoms with van der Waals surface area (Å²) in [6.45, 7) is 3.58. The number of aryl methyl sites for hydroxylation is 1. The van der Waals surface area contributed by atoms with E-state index in [2.05, 4.69) is 5.32 Å². The molecule has 0 saturated heterocycles. The number of carbonyl (C=O) groups is 3. The highest BCUT2D eigenvalue weighted by Gasteiger charge is 2.14. The first-order valence-electron chi connectivity index (χ1n) is 8.20. The van der Waals surface area contributed by atoms with E-state index in [1.807, 2.05) is 0 Å². The quantitative estimate of drug-likeness (QED) is 0.527. The van der Waals surface area contributed by atoms with Gasteiger partial charge in [-0.25, -0.2) is 4.79 Å². The van der Waals surface area contributed by atoms with Crippen LogP contribution in [0.25, 0.3) is 0 Å². The molecular weight excluding hydrogens is 338 g/mol. The molecule has 0 atom stereocenters. The number of nitrogens with one attached hydrogen (secondary N) is 1. The molecule has 1 aromatic carbocycles. The first-order chi connectivity index (χ1) is 12.4. The Hall–Kier alpha value is -3.09. The van der Waals surface area contributed by atoms with E-state index in [0.29, 0.717) is 35.9 Å². The highest BCUT2D eigenvalue weighted by atomic mass is 16.5. The van der Waals surface area contributed by atoms with Crippen LogP contribution in [0, 0.1) is 6.92 Å². The minimum Gasteiger partial charge on any atom is -0.494 e. The van der Waals surface area contributed by atoms with Crippen molar-refractivity contribution in [3.8, 4) is 5.75 Å². The number of Topliss-reactive ketones (excluding diaryl/α,β-unsaturated/α-hetero) is 1. The standard InChI is InChI=1S/C19H21NO6/c1-12(21)14-5-7-15(8-6-14)25-9-3-4-18(22)20-11-16-10-17(19(23)24)13(2)26-16/h5-8,10H,3-4,9,11H2,1-2H3,(H,20,22)(H,23,24). The van der Waals surface area contributed by atoms with Gasteiger partial charge in [0.15, 0.2) is 5.78 Å². The van der Waals surface area contributed by atoms with Crippen LogP contribution in [0.15, 0.2) is 34.7 Å². The lowest BCUT2D eigenvalue weighted by molar-refractivity contribution is -0.121. The molecule has 1 amide bonds. The van der Waals surface area contributed by atoms with Crippen molar-refractivity contribution < 1.29 is 28.6 Å². The smallest absolute Gasteiger partial charge is 0.339 e. The predicted octanol–water partition coefficient (Wildman–Crippen LogP) is 2.96. The molecule has 0 spiro atoms. The van der Waals surface area contributed by atoms with Gasteiger partial charge in [0.05, 0.1) is 13.2 Å². The molecule has 2 N–H and O–H groups in total. The van der Waals surface area contributed by atoms with Crippen molar-refractivity contribution in [2.45, 2.75) is 33.2 Å². The molecule has 0 unspecified atom stereocenters. The molecule has 2 rings (SSSR count).